The third-order valence-corrected chi connectivity index (χ3v) is 4.86. The number of hydrogen-bond acceptors (Lipinski definition) is 4. The summed E-state index contributed by atoms with van der Waals surface area (Å²) in [6, 6.07) is 9.53. The van der Waals surface area contributed by atoms with Crippen LogP contribution in [0.3, 0.4) is 0 Å². The van der Waals surface area contributed by atoms with Gasteiger partial charge in [-0.15, -0.1) is 0 Å². The van der Waals surface area contributed by atoms with Crippen LogP contribution < -0.4 is 5.32 Å². The van der Waals surface area contributed by atoms with Crippen molar-refractivity contribution in [3.8, 4) is 0 Å². The van der Waals surface area contributed by atoms with E-state index in [2.05, 4.69) is 12.2 Å². The van der Waals surface area contributed by atoms with E-state index in [4.69, 9.17) is 17.3 Å². The second-order valence-electron chi connectivity index (χ2n) is 6.06. The molecule has 1 aromatic rings. The third-order valence-electron chi connectivity index (χ3n) is 4.86. The third kappa shape index (κ3) is 2.49. The van der Waals surface area contributed by atoms with Crippen LogP contribution in [0.15, 0.2) is 30.3 Å². The number of fused-ring (bicyclic) bond motifs is 2. The van der Waals surface area contributed by atoms with Gasteiger partial charge in [-0.05, 0) is 12.5 Å². The van der Waals surface area contributed by atoms with Gasteiger partial charge in [-0.3, -0.25) is 4.79 Å². The number of nitrogens with one attached hydrogen (secondary N) is 1. The van der Waals surface area contributed by atoms with Crippen molar-refractivity contribution in [3.63, 3.8) is 0 Å². The van der Waals surface area contributed by atoms with Crippen molar-refractivity contribution in [2.24, 2.45) is 5.92 Å². The lowest BCUT2D eigenvalue weighted by atomic mass is 9.81. The van der Waals surface area contributed by atoms with E-state index < -0.39 is 5.60 Å². The fraction of sp³-hybridized carbons (Fsp3) is 0.562. The van der Waals surface area contributed by atoms with E-state index in [-0.39, 0.29) is 36.4 Å². The highest BCUT2D eigenvalue weighted by atomic mass is 16.5. The number of benzene rings is 1. The van der Waals surface area contributed by atoms with Crippen molar-refractivity contribution in [1.82, 2.24) is 5.32 Å². The second kappa shape index (κ2) is 5.46. The molecule has 5 atom stereocenters. The first-order valence-corrected chi connectivity index (χ1v) is 7.42. The molecule has 110 valence electrons. The van der Waals surface area contributed by atoms with Crippen LogP contribution in [-0.4, -0.2) is 37.5 Å². The van der Waals surface area contributed by atoms with E-state index in [0.717, 1.165) is 5.56 Å². The smallest absolute Gasteiger partial charge is 0.309 e. The van der Waals surface area contributed by atoms with Crippen LogP contribution in [-0.2, 0) is 20.9 Å². The molecule has 3 rings (SSSR count). The highest BCUT2D eigenvalue weighted by Crippen LogP contribution is 2.46. The van der Waals surface area contributed by atoms with Gasteiger partial charge < -0.3 is 14.8 Å². The van der Waals surface area contributed by atoms with Gasteiger partial charge in [0.2, 0.25) is 0 Å². The van der Waals surface area contributed by atoms with Gasteiger partial charge in [-0.2, -0.15) is 0 Å². The number of ether oxygens (including phenoxy) is 2. The largest absolute Gasteiger partial charge is 0.461 e. The molecular formula is C16H20BNO3. The topological polar surface area (TPSA) is 47.6 Å². The van der Waals surface area contributed by atoms with Crippen LogP contribution >= 0.6 is 0 Å². The van der Waals surface area contributed by atoms with Gasteiger partial charge in [-0.1, -0.05) is 37.3 Å². The summed E-state index contributed by atoms with van der Waals surface area (Å²) in [5.74, 6) is -0.0409. The first kappa shape index (κ1) is 14.6. The van der Waals surface area contributed by atoms with Crippen LogP contribution in [0.25, 0.3) is 0 Å². The Bertz CT molecular complexity index is 524. The Hall–Kier alpha value is -1.33. The summed E-state index contributed by atoms with van der Waals surface area (Å²) in [4.78, 5) is 12.2. The van der Waals surface area contributed by atoms with Gasteiger partial charge in [0, 0.05) is 24.0 Å². The number of carbonyl (C=O) groups is 1. The van der Waals surface area contributed by atoms with Gasteiger partial charge in [0.05, 0.1) is 12.0 Å². The number of rotatable bonds is 4. The lowest BCUT2D eigenvalue weighted by Crippen LogP contribution is -2.52. The molecule has 0 saturated carbocycles. The monoisotopic (exact) mass is 285 g/mol. The molecule has 0 spiro atoms. The first-order valence-electron chi connectivity index (χ1n) is 7.42. The molecule has 2 heterocycles. The van der Waals surface area contributed by atoms with Crippen molar-refractivity contribution in [2.75, 3.05) is 0 Å². The number of morpholine rings is 1. The molecule has 2 radical (unpaired) electrons. The second-order valence-corrected chi connectivity index (χ2v) is 6.06. The van der Waals surface area contributed by atoms with Crippen molar-refractivity contribution >= 4 is 13.8 Å². The van der Waals surface area contributed by atoms with E-state index in [1.54, 1.807) is 0 Å². The molecule has 2 aliphatic rings. The minimum atomic E-state index is -0.544. The Morgan fingerprint density at radius 2 is 2.10 bits per heavy atom. The summed E-state index contributed by atoms with van der Waals surface area (Å²) in [5, 5.41) is 3.41. The van der Waals surface area contributed by atoms with E-state index >= 15 is 0 Å². The van der Waals surface area contributed by atoms with Gasteiger partial charge in [0.1, 0.15) is 14.5 Å². The zero-order chi connectivity index (χ0) is 15.0. The predicted octanol–water partition coefficient (Wildman–Crippen LogP) is 1.38. The highest BCUT2D eigenvalue weighted by Gasteiger charge is 2.60. The molecule has 4 nitrogen and oxygen atoms in total. The maximum atomic E-state index is 12.2. The molecule has 2 fully saturated rings. The van der Waals surface area contributed by atoms with Gasteiger partial charge in [-0.25, -0.2) is 0 Å². The molecule has 1 aromatic carbocycles. The van der Waals surface area contributed by atoms with Crippen LogP contribution in [0, 0.1) is 5.92 Å². The summed E-state index contributed by atoms with van der Waals surface area (Å²) in [6.45, 7) is 4.41. The first-order chi connectivity index (χ1) is 10.0. The average molecular weight is 285 g/mol. The number of esters is 1. The Kier molecular flexibility index (Phi) is 3.80. The van der Waals surface area contributed by atoms with Crippen LogP contribution in [0.1, 0.15) is 25.8 Å². The quantitative estimate of drug-likeness (QED) is 0.670. The maximum absolute atomic E-state index is 12.2. The lowest BCUT2D eigenvalue weighted by Gasteiger charge is -2.36. The molecule has 0 aromatic heterocycles. The Morgan fingerprint density at radius 3 is 2.71 bits per heavy atom. The van der Waals surface area contributed by atoms with Crippen molar-refractivity contribution in [2.45, 2.75) is 50.6 Å². The number of hydrogen-bond donors (Lipinski definition) is 1. The van der Waals surface area contributed by atoms with Crippen LogP contribution in [0.5, 0.6) is 0 Å². The minimum Gasteiger partial charge on any atom is -0.461 e. The summed E-state index contributed by atoms with van der Waals surface area (Å²) >= 11 is 0. The zero-order valence-corrected chi connectivity index (χ0v) is 12.4. The lowest BCUT2D eigenvalue weighted by molar-refractivity contribution is -0.155. The standard InChI is InChI=1S/C16H20BNO3/c1-10-14-15(17)21-16(10,11(2)18-14)8-13(19)20-9-12-6-4-3-5-7-12/h3-7,10-11,14-15,18H,8-9H2,1-2H3/t10?,11-,14+,15-,16-/m1/s1. The predicted molar refractivity (Wildman–Crippen MR) is 79.8 cm³/mol. The van der Waals surface area contributed by atoms with E-state index in [1.165, 1.54) is 0 Å². The zero-order valence-electron chi connectivity index (χ0n) is 12.4. The summed E-state index contributed by atoms with van der Waals surface area (Å²) in [6.07, 6.45) is 0.235. The minimum absolute atomic E-state index is 0.0987. The van der Waals surface area contributed by atoms with Crippen molar-refractivity contribution < 1.29 is 14.3 Å². The molecule has 21 heavy (non-hydrogen) atoms. The number of carbonyl (C=O) groups excluding carboxylic acids is 1. The Balaban J connectivity index is 1.62. The van der Waals surface area contributed by atoms with Gasteiger partial charge >= 0.3 is 5.97 Å². The van der Waals surface area contributed by atoms with Crippen LogP contribution in [0.4, 0.5) is 0 Å². The average Bonchev–Trinajstić information content (AvgIpc) is 2.84. The molecule has 1 unspecified atom stereocenters. The maximum Gasteiger partial charge on any atom is 0.309 e. The molecule has 2 aliphatic heterocycles. The summed E-state index contributed by atoms with van der Waals surface area (Å²) in [7, 11) is 5.96. The molecular weight excluding hydrogens is 265 g/mol. The summed E-state index contributed by atoms with van der Waals surface area (Å²) < 4.78 is 11.3. The highest BCUT2D eigenvalue weighted by molar-refractivity contribution is 6.12. The molecule has 2 saturated heterocycles. The molecule has 2 bridgehead atoms. The van der Waals surface area contributed by atoms with E-state index in [9.17, 15) is 4.79 Å². The molecule has 0 aliphatic carbocycles. The van der Waals surface area contributed by atoms with Crippen molar-refractivity contribution in [3.05, 3.63) is 35.9 Å². The molecule has 5 heteroatoms. The van der Waals surface area contributed by atoms with E-state index in [0.29, 0.717) is 6.61 Å². The van der Waals surface area contributed by atoms with Gasteiger partial charge in [0.15, 0.2) is 0 Å². The fourth-order valence-corrected chi connectivity index (χ4v) is 3.56. The molecule has 1 N–H and O–H groups in total. The Morgan fingerprint density at radius 1 is 1.38 bits per heavy atom. The molecule has 0 amide bonds. The SMILES string of the molecule is [B][C@@H]1O[C@]2(CC(=O)OCc3ccccc3)C(C)[C@@H]1N[C@@H]2C. The Labute approximate surface area is 126 Å². The van der Waals surface area contributed by atoms with Gasteiger partial charge in [0.25, 0.3) is 0 Å². The normalized spacial score (nSPS) is 37.6. The van der Waals surface area contributed by atoms with Crippen molar-refractivity contribution in [1.29, 1.82) is 0 Å². The van der Waals surface area contributed by atoms with E-state index in [1.807, 2.05) is 37.3 Å². The fourth-order valence-electron chi connectivity index (χ4n) is 3.56. The summed E-state index contributed by atoms with van der Waals surface area (Å²) in [5.41, 5.74) is 0.439. The van der Waals surface area contributed by atoms with Crippen LogP contribution in [0.2, 0.25) is 0 Å².